The summed E-state index contributed by atoms with van der Waals surface area (Å²) >= 11 is 6.11. The number of methoxy groups -OCH3 is 1. The highest BCUT2D eigenvalue weighted by Gasteiger charge is 2.17. The summed E-state index contributed by atoms with van der Waals surface area (Å²) in [7, 11) is 1.64. The molecule has 1 unspecified atom stereocenters. The minimum atomic E-state index is 0.0392. The highest BCUT2D eigenvalue weighted by molar-refractivity contribution is 6.31. The summed E-state index contributed by atoms with van der Waals surface area (Å²) < 4.78 is 5.37. The maximum Gasteiger partial charge on any atom is 0.125 e. The van der Waals surface area contributed by atoms with Crippen LogP contribution in [0.2, 0.25) is 5.02 Å². The third-order valence-corrected chi connectivity index (χ3v) is 3.07. The smallest absolute Gasteiger partial charge is 0.125 e. The van der Waals surface area contributed by atoms with Gasteiger partial charge in [-0.15, -0.1) is 0 Å². The molecule has 1 N–H and O–H groups in total. The fourth-order valence-corrected chi connectivity index (χ4v) is 2.10. The van der Waals surface area contributed by atoms with Crippen molar-refractivity contribution in [2.75, 3.05) is 13.7 Å². The van der Waals surface area contributed by atoms with Crippen LogP contribution in [0.3, 0.4) is 0 Å². The van der Waals surface area contributed by atoms with E-state index in [0.29, 0.717) is 0 Å². The van der Waals surface area contributed by atoms with Crippen LogP contribution >= 0.6 is 11.6 Å². The summed E-state index contributed by atoms with van der Waals surface area (Å²) in [5, 5.41) is 9.94. The normalized spacial score (nSPS) is 12.7. The summed E-state index contributed by atoms with van der Waals surface area (Å²) in [6, 6.07) is 1.89. The topological polar surface area (TPSA) is 29.5 Å². The van der Waals surface area contributed by atoms with E-state index in [0.717, 1.165) is 27.5 Å². The van der Waals surface area contributed by atoms with Crippen LogP contribution in [0.15, 0.2) is 6.07 Å². The van der Waals surface area contributed by atoms with Gasteiger partial charge in [-0.2, -0.15) is 0 Å². The molecule has 0 aliphatic carbocycles. The van der Waals surface area contributed by atoms with Crippen molar-refractivity contribution in [1.82, 2.24) is 0 Å². The number of hydrogen-bond acceptors (Lipinski definition) is 2. The fraction of sp³-hybridized carbons (Fsp3) is 0.500. The Morgan fingerprint density at radius 3 is 2.53 bits per heavy atom. The number of aliphatic hydroxyl groups excluding tert-OH is 1. The Hall–Kier alpha value is -0.730. The molecule has 0 spiro atoms. The van der Waals surface area contributed by atoms with Crippen LogP contribution in [0.4, 0.5) is 0 Å². The lowest BCUT2D eigenvalue weighted by Gasteiger charge is -2.19. The molecule has 0 radical (unpaired) electrons. The van der Waals surface area contributed by atoms with Crippen LogP contribution in [-0.4, -0.2) is 18.8 Å². The summed E-state index contributed by atoms with van der Waals surface area (Å²) in [6.07, 6.45) is 0. The zero-order chi connectivity index (χ0) is 11.6. The quantitative estimate of drug-likeness (QED) is 0.862. The molecule has 1 aromatic carbocycles. The molecular weight excluding hydrogens is 212 g/mol. The van der Waals surface area contributed by atoms with E-state index in [2.05, 4.69) is 0 Å². The summed E-state index contributed by atoms with van der Waals surface area (Å²) in [4.78, 5) is 0. The largest absolute Gasteiger partial charge is 0.496 e. The highest BCUT2D eigenvalue weighted by atomic mass is 35.5. The van der Waals surface area contributed by atoms with Crippen LogP contribution in [-0.2, 0) is 0 Å². The lowest BCUT2D eigenvalue weighted by atomic mass is 9.93. The third-order valence-electron chi connectivity index (χ3n) is 2.68. The number of aryl methyl sites for hydroxylation is 1. The van der Waals surface area contributed by atoms with Crippen LogP contribution in [0, 0.1) is 13.8 Å². The average Bonchev–Trinajstić information content (AvgIpc) is 2.21. The van der Waals surface area contributed by atoms with Crippen molar-refractivity contribution in [2.24, 2.45) is 0 Å². The van der Waals surface area contributed by atoms with Gasteiger partial charge in [0, 0.05) is 23.1 Å². The molecule has 0 aliphatic heterocycles. The standard InChI is InChI=1S/C12H17ClO2/c1-7-5-10(13)9(3)11(8(2)6-14)12(7)15-4/h5,8,14H,6H2,1-4H3. The van der Waals surface area contributed by atoms with E-state index in [1.54, 1.807) is 7.11 Å². The lowest BCUT2D eigenvalue weighted by molar-refractivity contribution is 0.269. The second-order valence-electron chi connectivity index (χ2n) is 3.83. The third kappa shape index (κ3) is 2.27. The van der Waals surface area contributed by atoms with E-state index in [1.807, 2.05) is 26.8 Å². The summed E-state index contributed by atoms with van der Waals surface area (Å²) in [5.74, 6) is 0.871. The zero-order valence-corrected chi connectivity index (χ0v) is 10.4. The van der Waals surface area contributed by atoms with E-state index in [9.17, 15) is 5.11 Å². The zero-order valence-electron chi connectivity index (χ0n) is 9.60. The van der Waals surface area contributed by atoms with Crippen molar-refractivity contribution in [3.63, 3.8) is 0 Å². The van der Waals surface area contributed by atoms with Crippen molar-refractivity contribution in [2.45, 2.75) is 26.7 Å². The van der Waals surface area contributed by atoms with E-state index in [4.69, 9.17) is 16.3 Å². The molecule has 1 atom stereocenters. The predicted octanol–water partition coefficient (Wildman–Crippen LogP) is 3.06. The maximum atomic E-state index is 9.22. The van der Waals surface area contributed by atoms with E-state index in [-0.39, 0.29) is 12.5 Å². The van der Waals surface area contributed by atoms with Gasteiger partial charge in [-0.05, 0) is 31.0 Å². The first-order valence-electron chi connectivity index (χ1n) is 4.97. The van der Waals surface area contributed by atoms with Crippen molar-refractivity contribution < 1.29 is 9.84 Å². The molecule has 0 saturated carbocycles. The Balaban J connectivity index is 3.43. The van der Waals surface area contributed by atoms with Gasteiger partial charge in [0.25, 0.3) is 0 Å². The number of benzene rings is 1. The summed E-state index contributed by atoms with van der Waals surface area (Å²) in [6.45, 7) is 5.96. The first-order chi connectivity index (χ1) is 7.02. The Bertz CT molecular complexity index is 361. The number of rotatable bonds is 3. The van der Waals surface area contributed by atoms with Gasteiger partial charge >= 0.3 is 0 Å². The van der Waals surface area contributed by atoms with Gasteiger partial charge in [-0.1, -0.05) is 18.5 Å². The molecule has 0 heterocycles. The minimum Gasteiger partial charge on any atom is -0.496 e. The molecule has 2 nitrogen and oxygen atoms in total. The van der Waals surface area contributed by atoms with Crippen LogP contribution in [0.1, 0.15) is 29.5 Å². The molecule has 0 fully saturated rings. The predicted molar refractivity (Wildman–Crippen MR) is 63.0 cm³/mol. The Morgan fingerprint density at radius 2 is 2.07 bits per heavy atom. The Kier molecular flexibility index (Phi) is 4.00. The Morgan fingerprint density at radius 1 is 1.47 bits per heavy atom. The molecule has 0 amide bonds. The monoisotopic (exact) mass is 228 g/mol. The van der Waals surface area contributed by atoms with Crippen molar-refractivity contribution in [3.8, 4) is 5.75 Å². The van der Waals surface area contributed by atoms with Crippen LogP contribution in [0.5, 0.6) is 5.75 Å². The fourth-order valence-electron chi connectivity index (χ4n) is 1.83. The van der Waals surface area contributed by atoms with Gasteiger partial charge in [-0.3, -0.25) is 0 Å². The van der Waals surface area contributed by atoms with Gasteiger partial charge in [0.1, 0.15) is 5.75 Å². The van der Waals surface area contributed by atoms with Gasteiger partial charge < -0.3 is 9.84 Å². The number of ether oxygens (including phenoxy) is 1. The first-order valence-corrected chi connectivity index (χ1v) is 5.35. The number of halogens is 1. The minimum absolute atomic E-state index is 0.0392. The van der Waals surface area contributed by atoms with E-state index >= 15 is 0 Å². The molecule has 3 heteroatoms. The number of aliphatic hydroxyl groups is 1. The highest BCUT2D eigenvalue weighted by Crippen LogP contribution is 2.36. The van der Waals surface area contributed by atoms with Gasteiger partial charge in [-0.25, -0.2) is 0 Å². The van der Waals surface area contributed by atoms with Gasteiger partial charge in [0.2, 0.25) is 0 Å². The molecule has 84 valence electrons. The lowest BCUT2D eigenvalue weighted by Crippen LogP contribution is -2.06. The van der Waals surface area contributed by atoms with Crippen LogP contribution in [0.25, 0.3) is 0 Å². The molecule has 1 rings (SSSR count). The molecule has 0 aliphatic rings. The molecule has 1 aromatic rings. The second-order valence-corrected chi connectivity index (χ2v) is 4.24. The average molecular weight is 229 g/mol. The molecular formula is C12H17ClO2. The maximum absolute atomic E-state index is 9.22. The van der Waals surface area contributed by atoms with Crippen LogP contribution < -0.4 is 4.74 Å². The van der Waals surface area contributed by atoms with Gasteiger partial charge in [0.05, 0.1) is 7.11 Å². The molecule has 15 heavy (non-hydrogen) atoms. The van der Waals surface area contributed by atoms with Crippen molar-refractivity contribution >= 4 is 11.6 Å². The van der Waals surface area contributed by atoms with Crippen molar-refractivity contribution in [3.05, 3.63) is 27.8 Å². The first kappa shape index (κ1) is 12.3. The molecule has 0 saturated heterocycles. The second kappa shape index (κ2) is 4.86. The number of hydrogen-bond donors (Lipinski definition) is 1. The van der Waals surface area contributed by atoms with E-state index in [1.165, 1.54) is 0 Å². The van der Waals surface area contributed by atoms with Crippen molar-refractivity contribution in [1.29, 1.82) is 0 Å². The van der Waals surface area contributed by atoms with E-state index < -0.39 is 0 Å². The summed E-state index contributed by atoms with van der Waals surface area (Å²) in [5.41, 5.74) is 2.99. The molecule has 0 aromatic heterocycles. The van der Waals surface area contributed by atoms with Gasteiger partial charge in [0.15, 0.2) is 0 Å². The Labute approximate surface area is 95.8 Å². The molecule has 0 bridgehead atoms. The SMILES string of the molecule is COc1c(C)cc(Cl)c(C)c1C(C)CO.